The lowest BCUT2D eigenvalue weighted by atomic mass is 9.91. The van der Waals surface area contributed by atoms with Gasteiger partial charge in [0.1, 0.15) is 5.75 Å². The highest BCUT2D eigenvalue weighted by Gasteiger charge is 2.23. The highest BCUT2D eigenvalue weighted by molar-refractivity contribution is 9.11. The minimum atomic E-state index is -0.594. The standard InChI is InChI=1S/C12H17Br2NO2/c1-3-6(2)11(16)10(15)7-4-8(13)12(17)9(14)5-7/h4-6,10-11,16-17H,3,15H2,1-2H3/t6?,10-,11+/m1/s1. The number of phenolic OH excluding ortho intramolecular Hbond substituents is 1. The largest absolute Gasteiger partial charge is 0.506 e. The van der Waals surface area contributed by atoms with Gasteiger partial charge in [0.2, 0.25) is 0 Å². The van der Waals surface area contributed by atoms with Gasteiger partial charge in [0.25, 0.3) is 0 Å². The first kappa shape index (κ1) is 15.0. The molecule has 17 heavy (non-hydrogen) atoms. The number of rotatable bonds is 4. The fourth-order valence-corrected chi connectivity index (χ4v) is 2.79. The van der Waals surface area contributed by atoms with Crippen LogP contribution in [0.15, 0.2) is 21.1 Å². The Bertz CT molecular complexity index is 375. The van der Waals surface area contributed by atoms with Crippen LogP contribution in [0.4, 0.5) is 0 Å². The molecule has 3 atom stereocenters. The van der Waals surface area contributed by atoms with E-state index in [1.807, 2.05) is 13.8 Å². The molecule has 4 N–H and O–H groups in total. The van der Waals surface area contributed by atoms with Crippen LogP contribution in [0.1, 0.15) is 31.9 Å². The first-order chi connectivity index (χ1) is 7.88. The Morgan fingerprint density at radius 2 is 1.76 bits per heavy atom. The molecule has 0 fully saturated rings. The molecule has 0 saturated heterocycles. The number of aromatic hydroxyl groups is 1. The zero-order chi connectivity index (χ0) is 13.2. The van der Waals surface area contributed by atoms with Gasteiger partial charge >= 0.3 is 0 Å². The molecule has 1 rings (SSSR count). The van der Waals surface area contributed by atoms with Crippen molar-refractivity contribution in [2.24, 2.45) is 11.7 Å². The van der Waals surface area contributed by atoms with Crippen LogP contribution < -0.4 is 5.73 Å². The molecular weight excluding hydrogens is 350 g/mol. The highest BCUT2D eigenvalue weighted by Crippen LogP contribution is 2.35. The zero-order valence-corrected chi connectivity index (χ0v) is 13.0. The van der Waals surface area contributed by atoms with Gasteiger partial charge in [0.15, 0.2) is 0 Å². The summed E-state index contributed by atoms with van der Waals surface area (Å²) in [5, 5.41) is 19.7. The van der Waals surface area contributed by atoms with Gasteiger partial charge in [-0.1, -0.05) is 20.3 Å². The monoisotopic (exact) mass is 365 g/mol. The van der Waals surface area contributed by atoms with Crippen LogP contribution in [-0.4, -0.2) is 16.3 Å². The number of phenols is 1. The predicted octanol–water partition coefficient (Wildman–Crippen LogP) is 3.32. The number of nitrogens with two attached hydrogens (primary N) is 1. The van der Waals surface area contributed by atoms with Gasteiger partial charge in [-0.2, -0.15) is 0 Å². The third-order valence-electron chi connectivity index (χ3n) is 3.02. The number of hydrogen-bond acceptors (Lipinski definition) is 3. The topological polar surface area (TPSA) is 66.5 Å². The molecule has 0 aliphatic heterocycles. The second-order valence-electron chi connectivity index (χ2n) is 4.24. The summed E-state index contributed by atoms with van der Waals surface area (Å²) in [5.41, 5.74) is 6.82. The average Bonchev–Trinajstić information content (AvgIpc) is 2.32. The van der Waals surface area contributed by atoms with Gasteiger partial charge in [-0.3, -0.25) is 0 Å². The molecule has 96 valence electrons. The summed E-state index contributed by atoms with van der Waals surface area (Å²) >= 11 is 6.50. The van der Waals surface area contributed by atoms with Crippen molar-refractivity contribution in [1.82, 2.24) is 0 Å². The Kier molecular flexibility index (Phi) is 5.44. The van der Waals surface area contributed by atoms with E-state index in [9.17, 15) is 10.2 Å². The van der Waals surface area contributed by atoms with E-state index in [4.69, 9.17) is 5.73 Å². The molecule has 0 aliphatic rings. The van der Waals surface area contributed by atoms with E-state index < -0.39 is 12.1 Å². The summed E-state index contributed by atoms with van der Waals surface area (Å²) < 4.78 is 1.13. The summed E-state index contributed by atoms with van der Waals surface area (Å²) in [7, 11) is 0. The lowest BCUT2D eigenvalue weighted by Crippen LogP contribution is -2.31. The minimum Gasteiger partial charge on any atom is -0.506 e. The molecule has 1 aromatic rings. The van der Waals surface area contributed by atoms with Crippen molar-refractivity contribution in [1.29, 1.82) is 0 Å². The van der Waals surface area contributed by atoms with Crippen LogP contribution in [-0.2, 0) is 0 Å². The molecule has 1 aromatic carbocycles. The smallest absolute Gasteiger partial charge is 0.143 e. The second kappa shape index (κ2) is 6.18. The number of benzene rings is 1. The first-order valence-electron chi connectivity index (χ1n) is 5.50. The summed E-state index contributed by atoms with van der Waals surface area (Å²) in [6, 6.07) is 3.00. The van der Waals surface area contributed by atoms with Crippen LogP contribution in [0.2, 0.25) is 0 Å². The minimum absolute atomic E-state index is 0.136. The second-order valence-corrected chi connectivity index (χ2v) is 5.94. The van der Waals surface area contributed by atoms with Crippen molar-refractivity contribution in [3.05, 3.63) is 26.6 Å². The molecule has 0 aliphatic carbocycles. The SMILES string of the molecule is CCC(C)[C@H](O)[C@H](N)c1cc(Br)c(O)c(Br)c1. The maximum Gasteiger partial charge on any atom is 0.143 e. The fraction of sp³-hybridized carbons (Fsp3) is 0.500. The van der Waals surface area contributed by atoms with Crippen molar-refractivity contribution in [2.45, 2.75) is 32.4 Å². The van der Waals surface area contributed by atoms with Gasteiger partial charge in [-0.25, -0.2) is 0 Å². The van der Waals surface area contributed by atoms with E-state index in [0.717, 1.165) is 12.0 Å². The van der Waals surface area contributed by atoms with Crippen molar-refractivity contribution in [2.75, 3.05) is 0 Å². The van der Waals surface area contributed by atoms with Crippen molar-refractivity contribution in [3.63, 3.8) is 0 Å². The van der Waals surface area contributed by atoms with Crippen molar-refractivity contribution < 1.29 is 10.2 Å². The van der Waals surface area contributed by atoms with Gasteiger partial charge in [-0.15, -0.1) is 0 Å². The fourth-order valence-electron chi connectivity index (χ4n) is 1.57. The third-order valence-corrected chi connectivity index (χ3v) is 4.23. The van der Waals surface area contributed by atoms with Gasteiger partial charge in [-0.05, 0) is 55.5 Å². The summed E-state index contributed by atoms with van der Waals surface area (Å²) in [6.07, 6.45) is 0.276. The van der Waals surface area contributed by atoms with Crippen molar-refractivity contribution >= 4 is 31.9 Å². The summed E-state index contributed by atoms with van der Waals surface area (Å²) in [5.74, 6) is 0.273. The van der Waals surface area contributed by atoms with E-state index in [1.54, 1.807) is 12.1 Å². The molecule has 3 nitrogen and oxygen atoms in total. The van der Waals surface area contributed by atoms with Gasteiger partial charge in [0, 0.05) is 0 Å². The predicted molar refractivity (Wildman–Crippen MR) is 75.9 cm³/mol. The molecule has 0 aromatic heterocycles. The Hall–Kier alpha value is -0.100. The molecule has 1 unspecified atom stereocenters. The van der Waals surface area contributed by atoms with Gasteiger partial charge < -0.3 is 15.9 Å². The molecule has 0 bridgehead atoms. The summed E-state index contributed by atoms with van der Waals surface area (Å²) in [4.78, 5) is 0. The zero-order valence-electron chi connectivity index (χ0n) is 9.82. The first-order valence-corrected chi connectivity index (χ1v) is 7.08. The number of aliphatic hydroxyl groups excluding tert-OH is 1. The van der Waals surface area contributed by atoms with Crippen molar-refractivity contribution in [3.8, 4) is 5.75 Å². The van der Waals surface area contributed by atoms with Crippen LogP contribution in [0.25, 0.3) is 0 Å². The molecule has 0 saturated carbocycles. The maximum atomic E-state index is 10.1. The molecule has 0 radical (unpaired) electrons. The number of halogens is 2. The molecule has 0 heterocycles. The Labute approximate surface area is 118 Å². The Morgan fingerprint density at radius 3 is 2.18 bits per heavy atom. The summed E-state index contributed by atoms with van der Waals surface area (Å²) in [6.45, 7) is 3.98. The van der Waals surface area contributed by atoms with Crippen LogP contribution in [0.5, 0.6) is 5.75 Å². The molecule has 5 heteroatoms. The number of hydrogen-bond donors (Lipinski definition) is 3. The molecular formula is C12H17Br2NO2. The Balaban J connectivity index is 3.00. The van der Waals surface area contributed by atoms with Gasteiger partial charge in [0.05, 0.1) is 21.1 Å². The maximum absolute atomic E-state index is 10.1. The van der Waals surface area contributed by atoms with E-state index >= 15 is 0 Å². The average molecular weight is 367 g/mol. The van der Waals surface area contributed by atoms with E-state index in [0.29, 0.717) is 8.95 Å². The lowest BCUT2D eigenvalue weighted by Gasteiger charge is -2.24. The molecule has 0 spiro atoms. The highest BCUT2D eigenvalue weighted by atomic mass is 79.9. The third kappa shape index (κ3) is 3.44. The van der Waals surface area contributed by atoms with Crippen LogP contribution in [0, 0.1) is 5.92 Å². The lowest BCUT2D eigenvalue weighted by molar-refractivity contribution is 0.0879. The van der Waals surface area contributed by atoms with E-state index in [2.05, 4.69) is 31.9 Å². The molecule has 0 amide bonds. The Morgan fingerprint density at radius 1 is 1.29 bits per heavy atom. The quantitative estimate of drug-likeness (QED) is 0.765. The van der Waals surface area contributed by atoms with Crippen LogP contribution in [0.3, 0.4) is 0 Å². The normalized spacial score (nSPS) is 16.6. The number of aliphatic hydroxyl groups is 1. The van der Waals surface area contributed by atoms with E-state index in [-0.39, 0.29) is 11.7 Å². The van der Waals surface area contributed by atoms with Crippen LogP contribution >= 0.6 is 31.9 Å². The van der Waals surface area contributed by atoms with E-state index in [1.165, 1.54) is 0 Å².